The van der Waals surface area contributed by atoms with E-state index in [1.54, 1.807) is 10.8 Å². The van der Waals surface area contributed by atoms with Crippen LogP contribution in [-0.4, -0.2) is 19.6 Å². The van der Waals surface area contributed by atoms with E-state index < -0.39 is 0 Å². The van der Waals surface area contributed by atoms with Crippen molar-refractivity contribution in [2.45, 2.75) is 19.8 Å². The molecule has 0 aliphatic rings. The summed E-state index contributed by atoms with van der Waals surface area (Å²) in [5, 5.41) is 5.57. The summed E-state index contributed by atoms with van der Waals surface area (Å²) in [6.07, 6.45) is 1.72. The van der Waals surface area contributed by atoms with E-state index in [0.29, 0.717) is 5.92 Å². The van der Waals surface area contributed by atoms with Gasteiger partial charge in [0.2, 0.25) is 0 Å². The van der Waals surface area contributed by atoms with Gasteiger partial charge in [-0.1, -0.05) is 50.2 Å². The molecule has 0 unspecified atom stereocenters. The summed E-state index contributed by atoms with van der Waals surface area (Å²) in [6.45, 7) is 4.38. The lowest BCUT2D eigenvalue weighted by atomic mass is 10.0. The highest BCUT2D eigenvalue weighted by atomic mass is 15.3. The van der Waals surface area contributed by atoms with Gasteiger partial charge in [-0.05, 0) is 23.6 Å². The Bertz CT molecular complexity index is 952. The number of benzene rings is 2. The van der Waals surface area contributed by atoms with Crippen molar-refractivity contribution in [2.24, 2.45) is 0 Å². The largest absolute Gasteiger partial charge is 0.236 e. The predicted octanol–water partition coefficient (Wildman–Crippen LogP) is 4.07. The monoisotopic (exact) mass is 288 g/mol. The molecule has 0 aliphatic heterocycles. The highest BCUT2D eigenvalue weighted by molar-refractivity contribution is 5.91. The van der Waals surface area contributed by atoms with Gasteiger partial charge < -0.3 is 0 Å². The van der Waals surface area contributed by atoms with Crippen LogP contribution in [0.2, 0.25) is 0 Å². The molecule has 2 aromatic carbocycles. The molecule has 22 heavy (non-hydrogen) atoms. The van der Waals surface area contributed by atoms with Crippen LogP contribution in [0, 0.1) is 0 Å². The van der Waals surface area contributed by atoms with Gasteiger partial charge in [-0.2, -0.15) is 0 Å². The predicted molar refractivity (Wildman–Crippen MR) is 87.8 cm³/mol. The Morgan fingerprint density at radius 1 is 0.955 bits per heavy atom. The number of hydrogen-bond donors (Lipinski definition) is 0. The number of hydrogen-bond acceptors (Lipinski definition) is 3. The van der Waals surface area contributed by atoms with Crippen LogP contribution < -0.4 is 0 Å². The van der Waals surface area contributed by atoms with Crippen LogP contribution in [-0.2, 0) is 0 Å². The average Bonchev–Trinajstić information content (AvgIpc) is 2.99. The van der Waals surface area contributed by atoms with E-state index in [4.69, 9.17) is 4.98 Å². The van der Waals surface area contributed by atoms with E-state index in [2.05, 4.69) is 48.2 Å². The van der Waals surface area contributed by atoms with E-state index >= 15 is 0 Å². The summed E-state index contributed by atoms with van der Waals surface area (Å²) in [5.74, 6) is 1.25. The Kier molecular flexibility index (Phi) is 2.89. The number of fused-ring (bicyclic) bond motifs is 3. The fourth-order valence-corrected chi connectivity index (χ4v) is 2.62. The molecule has 108 valence electrons. The molecule has 0 radical (unpaired) electrons. The quantitative estimate of drug-likeness (QED) is 0.558. The number of rotatable bonds is 2. The van der Waals surface area contributed by atoms with Crippen LogP contribution >= 0.6 is 0 Å². The molecule has 4 heteroatoms. The van der Waals surface area contributed by atoms with Gasteiger partial charge in [0, 0.05) is 10.9 Å². The molecule has 4 aromatic rings. The van der Waals surface area contributed by atoms with Crippen LogP contribution in [0.25, 0.3) is 27.9 Å². The Morgan fingerprint density at radius 3 is 2.50 bits per heavy atom. The molecule has 0 saturated carbocycles. The second-order valence-corrected chi connectivity index (χ2v) is 5.74. The zero-order chi connectivity index (χ0) is 15.1. The Hall–Kier alpha value is -2.75. The molecule has 0 spiro atoms. The molecule has 0 fully saturated rings. The van der Waals surface area contributed by atoms with Crippen molar-refractivity contribution in [3.63, 3.8) is 0 Å². The molecular weight excluding hydrogens is 272 g/mol. The highest BCUT2D eigenvalue weighted by Gasteiger charge is 2.10. The smallest absolute Gasteiger partial charge is 0.182 e. The molecule has 0 N–H and O–H groups in total. The lowest BCUT2D eigenvalue weighted by Crippen LogP contribution is -1.91. The van der Waals surface area contributed by atoms with Gasteiger partial charge in [0.05, 0.1) is 5.52 Å². The molecule has 2 aromatic heterocycles. The minimum absolute atomic E-state index is 0.524. The topological polar surface area (TPSA) is 43.1 Å². The van der Waals surface area contributed by atoms with E-state index in [1.807, 2.05) is 24.3 Å². The Balaban J connectivity index is 1.87. The van der Waals surface area contributed by atoms with Crippen molar-refractivity contribution in [1.82, 2.24) is 19.6 Å². The van der Waals surface area contributed by atoms with Gasteiger partial charge in [0.1, 0.15) is 6.33 Å². The second-order valence-electron chi connectivity index (χ2n) is 5.74. The third kappa shape index (κ3) is 2.04. The van der Waals surface area contributed by atoms with Gasteiger partial charge in [-0.25, -0.2) is 14.5 Å². The van der Waals surface area contributed by atoms with Gasteiger partial charge >= 0.3 is 0 Å². The fraction of sp³-hybridized carbons (Fsp3) is 0.167. The maximum Gasteiger partial charge on any atom is 0.182 e. The van der Waals surface area contributed by atoms with Crippen molar-refractivity contribution < 1.29 is 0 Å². The summed E-state index contributed by atoms with van der Waals surface area (Å²) < 4.78 is 1.74. The van der Waals surface area contributed by atoms with Crippen molar-refractivity contribution >= 4 is 16.6 Å². The molecular formula is C18H16N4. The number of nitrogens with zero attached hydrogens (tertiary/aromatic N) is 4. The van der Waals surface area contributed by atoms with Gasteiger partial charge in [-0.15, -0.1) is 5.10 Å². The Morgan fingerprint density at radius 2 is 1.73 bits per heavy atom. The van der Waals surface area contributed by atoms with E-state index in [9.17, 15) is 0 Å². The van der Waals surface area contributed by atoms with Crippen molar-refractivity contribution in [2.75, 3.05) is 0 Å². The molecule has 4 rings (SSSR count). The number of para-hydroxylation sites is 1. The third-order valence-corrected chi connectivity index (χ3v) is 3.92. The van der Waals surface area contributed by atoms with E-state index in [-0.39, 0.29) is 0 Å². The molecule has 0 saturated heterocycles. The lowest BCUT2D eigenvalue weighted by Gasteiger charge is -2.04. The summed E-state index contributed by atoms with van der Waals surface area (Å²) in [5.41, 5.74) is 4.12. The average molecular weight is 288 g/mol. The highest BCUT2D eigenvalue weighted by Crippen LogP contribution is 2.23. The van der Waals surface area contributed by atoms with Crippen molar-refractivity contribution in [1.29, 1.82) is 0 Å². The molecule has 0 aliphatic carbocycles. The van der Waals surface area contributed by atoms with Gasteiger partial charge in [-0.3, -0.25) is 0 Å². The van der Waals surface area contributed by atoms with Gasteiger partial charge in [0.15, 0.2) is 11.5 Å². The van der Waals surface area contributed by atoms with Crippen LogP contribution in [0.3, 0.4) is 0 Å². The first kappa shape index (κ1) is 13.0. The SMILES string of the molecule is CC(C)c1ccc(-c2nc3c4ccccc4ncn3n2)cc1. The van der Waals surface area contributed by atoms with E-state index in [1.165, 1.54) is 5.56 Å². The Labute approximate surface area is 128 Å². The standard InChI is InChI=1S/C18H16N4/c1-12(2)13-7-9-14(10-8-13)17-20-18-15-5-3-4-6-16(15)19-11-22(18)21-17/h3-12H,1-2H3. The van der Waals surface area contributed by atoms with Crippen LogP contribution in [0.4, 0.5) is 0 Å². The molecule has 0 atom stereocenters. The zero-order valence-electron chi connectivity index (χ0n) is 12.6. The first-order valence-corrected chi connectivity index (χ1v) is 7.43. The van der Waals surface area contributed by atoms with Crippen molar-refractivity contribution in [3.8, 4) is 11.4 Å². The molecule has 0 bridgehead atoms. The molecule has 0 amide bonds. The normalized spacial score (nSPS) is 11.6. The maximum absolute atomic E-state index is 4.70. The van der Waals surface area contributed by atoms with Crippen LogP contribution in [0.1, 0.15) is 25.3 Å². The summed E-state index contributed by atoms with van der Waals surface area (Å²) in [6, 6.07) is 16.4. The van der Waals surface area contributed by atoms with Gasteiger partial charge in [0.25, 0.3) is 0 Å². The van der Waals surface area contributed by atoms with Crippen LogP contribution in [0.5, 0.6) is 0 Å². The first-order valence-electron chi connectivity index (χ1n) is 7.43. The zero-order valence-corrected chi connectivity index (χ0v) is 12.6. The fourth-order valence-electron chi connectivity index (χ4n) is 2.62. The molecule has 4 nitrogen and oxygen atoms in total. The maximum atomic E-state index is 4.70. The minimum atomic E-state index is 0.524. The van der Waals surface area contributed by atoms with Crippen molar-refractivity contribution in [3.05, 3.63) is 60.4 Å². The second kappa shape index (κ2) is 4.91. The first-order chi connectivity index (χ1) is 10.7. The number of aromatic nitrogens is 4. The van der Waals surface area contributed by atoms with Crippen LogP contribution in [0.15, 0.2) is 54.9 Å². The third-order valence-electron chi connectivity index (χ3n) is 3.92. The molecule has 2 heterocycles. The summed E-state index contributed by atoms with van der Waals surface area (Å²) >= 11 is 0. The summed E-state index contributed by atoms with van der Waals surface area (Å²) in [4.78, 5) is 9.11. The minimum Gasteiger partial charge on any atom is -0.236 e. The van der Waals surface area contributed by atoms with E-state index in [0.717, 1.165) is 27.9 Å². The summed E-state index contributed by atoms with van der Waals surface area (Å²) in [7, 11) is 0. The lowest BCUT2D eigenvalue weighted by molar-refractivity contribution is 0.866.